The van der Waals surface area contributed by atoms with Gasteiger partial charge in [0.05, 0.1) is 11.6 Å². The molecule has 0 radical (unpaired) electrons. The molecule has 1 rings (SSSR count). The van der Waals surface area contributed by atoms with Crippen molar-refractivity contribution >= 4 is 5.91 Å². The number of carbonyl (C=O) groups is 1. The van der Waals surface area contributed by atoms with Crippen LogP contribution >= 0.6 is 0 Å². The largest absolute Gasteiger partial charge is 0.481 e. The van der Waals surface area contributed by atoms with Gasteiger partial charge in [-0.15, -0.1) is 0 Å². The Morgan fingerprint density at radius 2 is 2.25 bits per heavy atom. The van der Waals surface area contributed by atoms with E-state index in [2.05, 4.69) is 5.32 Å². The molecule has 0 bridgehead atoms. The van der Waals surface area contributed by atoms with Crippen LogP contribution < -0.4 is 10.1 Å². The quantitative estimate of drug-likeness (QED) is 0.790. The molecular weight excluding hydrogens is 256 g/mol. The van der Waals surface area contributed by atoms with E-state index in [-0.39, 0.29) is 18.4 Å². The van der Waals surface area contributed by atoms with E-state index in [0.717, 1.165) is 0 Å². The Hall–Kier alpha value is -2.06. The van der Waals surface area contributed by atoms with E-state index >= 15 is 0 Å². The van der Waals surface area contributed by atoms with Crippen LogP contribution in [-0.2, 0) is 4.79 Å². The molecule has 2 atom stereocenters. The molecule has 0 spiro atoms. The Labute approximate surface area is 119 Å². The van der Waals surface area contributed by atoms with Gasteiger partial charge in [-0.05, 0) is 37.5 Å². The third-order valence-corrected chi connectivity index (χ3v) is 2.89. The number of nitrogens with one attached hydrogen (secondary N) is 1. The van der Waals surface area contributed by atoms with Crippen molar-refractivity contribution < 1.29 is 14.6 Å². The molecular formula is C15H20N2O3. The molecule has 1 amide bonds. The number of rotatable bonds is 7. The first-order valence-corrected chi connectivity index (χ1v) is 6.62. The summed E-state index contributed by atoms with van der Waals surface area (Å²) in [6, 6.07) is 8.71. The van der Waals surface area contributed by atoms with E-state index in [0.29, 0.717) is 24.3 Å². The zero-order valence-corrected chi connectivity index (χ0v) is 11.8. The smallest absolute Gasteiger partial charge is 0.260 e. The first-order valence-electron chi connectivity index (χ1n) is 6.62. The molecule has 2 unspecified atom stereocenters. The topological polar surface area (TPSA) is 82.3 Å². The number of amides is 1. The molecule has 1 aromatic carbocycles. The standard InChI is InChI=1S/C15H20N2O3/c1-11(6-7-18)10-17-15(19)12(2)20-14-5-3-4-13(8-14)9-16/h3-5,8,11-12,18H,6-7,10H2,1-2H3,(H,17,19). The summed E-state index contributed by atoms with van der Waals surface area (Å²) in [6.45, 7) is 4.23. The second-order valence-corrected chi connectivity index (χ2v) is 4.76. The monoisotopic (exact) mass is 276 g/mol. The normalized spacial score (nSPS) is 13.1. The lowest BCUT2D eigenvalue weighted by molar-refractivity contribution is -0.127. The molecule has 0 saturated carbocycles. The van der Waals surface area contributed by atoms with Crippen LogP contribution in [0.5, 0.6) is 5.75 Å². The fourth-order valence-corrected chi connectivity index (χ4v) is 1.64. The van der Waals surface area contributed by atoms with Crippen molar-refractivity contribution in [2.45, 2.75) is 26.4 Å². The van der Waals surface area contributed by atoms with Crippen molar-refractivity contribution in [2.75, 3.05) is 13.2 Å². The molecule has 1 aromatic rings. The van der Waals surface area contributed by atoms with Gasteiger partial charge in [0.1, 0.15) is 5.75 Å². The lowest BCUT2D eigenvalue weighted by Gasteiger charge is -2.16. The minimum Gasteiger partial charge on any atom is -0.481 e. The molecule has 0 aliphatic heterocycles. The maximum absolute atomic E-state index is 11.8. The minimum absolute atomic E-state index is 0.115. The number of aliphatic hydroxyl groups excluding tert-OH is 1. The van der Waals surface area contributed by atoms with Crippen LogP contribution in [0, 0.1) is 17.2 Å². The van der Waals surface area contributed by atoms with Crippen LogP contribution in [0.15, 0.2) is 24.3 Å². The van der Waals surface area contributed by atoms with Gasteiger partial charge in [0.15, 0.2) is 6.10 Å². The van der Waals surface area contributed by atoms with E-state index in [9.17, 15) is 4.79 Å². The number of ether oxygens (including phenoxy) is 1. The number of hydrogen-bond acceptors (Lipinski definition) is 4. The molecule has 108 valence electrons. The molecule has 0 heterocycles. The van der Waals surface area contributed by atoms with Crippen molar-refractivity contribution in [3.8, 4) is 11.8 Å². The summed E-state index contributed by atoms with van der Waals surface area (Å²) in [5, 5.41) is 20.4. The molecule has 0 saturated heterocycles. The van der Waals surface area contributed by atoms with E-state index < -0.39 is 6.10 Å². The minimum atomic E-state index is -0.634. The molecule has 2 N–H and O–H groups in total. The fourth-order valence-electron chi connectivity index (χ4n) is 1.64. The van der Waals surface area contributed by atoms with E-state index in [1.54, 1.807) is 31.2 Å². The van der Waals surface area contributed by atoms with Gasteiger partial charge in [0.25, 0.3) is 5.91 Å². The summed E-state index contributed by atoms with van der Waals surface area (Å²) in [4.78, 5) is 11.8. The lowest BCUT2D eigenvalue weighted by atomic mass is 10.1. The predicted octanol–water partition coefficient (Wildman–Crippen LogP) is 1.46. The van der Waals surface area contributed by atoms with E-state index in [1.165, 1.54) is 0 Å². The number of nitrogens with zero attached hydrogens (tertiary/aromatic N) is 1. The molecule has 0 fully saturated rings. The van der Waals surface area contributed by atoms with Crippen LogP contribution in [0.4, 0.5) is 0 Å². The zero-order chi connectivity index (χ0) is 15.0. The summed E-state index contributed by atoms with van der Waals surface area (Å²) in [6.07, 6.45) is 0.0185. The van der Waals surface area contributed by atoms with Crippen molar-refractivity contribution in [3.05, 3.63) is 29.8 Å². The molecule has 0 aromatic heterocycles. The second kappa shape index (κ2) is 8.18. The number of carbonyl (C=O) groups excluding carboxylic acids is 1. The Bertz CT molecular complexity index is 482. The second-order valence-electron chi connectivity index (χ2n) is 4.76. The van der Waals surface area contributed by atoms with Gasteiger partial charge in [0, 0.05) is 13.2 Å². The van der Waals surface area contributed by atoms with Crippen molar-refractivity contribution in [1.82, 2.24) is 5.32 Å². The number of hydrogen-bond donors (Lipinski definition) is 2. The number of benzene rings is 1. The zero-order valence-electron chi connectivity index (χ0n) is 11.8. The summed E-state index contributed by atoms with van der Waals surface area (Å²) in [5.74, 6) is 0.505. The van der Waals surface area contributed by atoms with Crippen molar-refractivity contribution in [1.29, 1.82) is 5.26 Å². The van der Waals surface area contributed by atoms with E-state index in [4.69, 9.17) is 15.1 Å². The van der Waals surface area contributed by atoms with Crippen LogP contribution in [0.25, 0.3) is 0 Å². The summed E-state index contributed by atoms with van der Waals surface area (Å²) >= 11 is 0. The molecule has 5 nitrogen and oxygen atoms in total. The van der Waals surface area contributed by atoms with Crippen LogP contribution in [-0.4, -0.2) is 30.3 Å². The van der Waals surface area contributed by atoms with Crippen LogP contribution in [0.2, 0.25) is 0 Å². The number of aliphatic hydroxyl groups is 1. The maximum atomic E-state index is 11.8. The van der Waals surface area contributed by atoms with E-state index in [1.807, 2.05) is 13.0 Å². The fraction of sp³-hybridized carbons (Fsp3) is 0.467. The highest BCUT2D eigenvalue weighted by Crippen LogP contribution is 2.14. The molecule has 5 heteroatoms. The average molecular weight is 276 g/mol. The maximum Gasteiger partial charge on any atom is 0.260 e. The predicted molar refractivity (Wildman–Crippen MR) is 75.1 cm³/mol. The molecule has 0 aliphatic rings. The average Bonchev–Trinajstić information content (AvgIpc) is 2.45. The highest BCUT2D eigenvalue weighted by Gasteiger charge is 2.15. The van der Waals surface area contributed by atoms with Gasteiger partial charge < -0.3 is 15.2 Å². The lowest BCUT2D eigenvalue weighted by Crippen LogP contribution is -2.38. The Morgan fingerprint density at radius 3 is 2.90 bits per heavy atom. The van der Waals surface area contributed by atoms with Gasteiger partial charge in [-0.1, -0.05) is 13.0 Å². The van der Waals surface area contributed by atoms with Crippen LogP contribution in [0.3, 0.4) is 0 Å². The van der Waals surface area contributed by atoms with Crippen LogP contribution in [0.1, 0.15) is 25.8 Å². The summed E-state index contributed by atoms with van der Waals surface area (Å²) in [5.41, 5.74) is 0.492. The molecule has 0 aliphatic carbocycles. The Morgan fingerprint density at radius 1 is 1.50 bits per heavy atom. The van der Waals surface area contributed by atoms with Gasteiger partial charge in [-0.25, -0.2) is 0 Å². The van der Waals surface area contributed by atoms with Gasteiger partial charge in [-0.3, -0.25) is 4.79 Å². The Balaban J connectivity index is 2.47. The van der Waals surface area contributed by atoms with Crippen molar-refractivity contribution in [3.63, 3.8) is 0 Å². The number of nitriles is 1. The highest BCUT2D eigenvalue weighted by atomic mass is 16.5. The first kappa shape index (κ1) is 16.0. The van der Waals surface area contributed by atoms with Crippen molar-refractivity contribution in [2.24, 2.45) is 5.92 Å². The SMILES string of the molecule is CC(CCO)CNC(=O)C(C)Oc1cccc(C#N)c1. The Kier molecular flexibility index (Phi) is 6.54. The third kappa shape index (κ3) is 5.29. The van der Waals surface area contributed by atoms with Gasteiger partial charge in [-0.2, -0.15) is 5.26 Å². The summed E-state index contributed by atoms with van der Waals surface area (Å²) in [7, 11) is 0. The van der Waals surface area contributed by atoms with Gasteiger partial charge in [0.2, 0.25) is 0 Å². The first-order chi connectivity index (χ1) is 9.56. The molecule has 20 heavy (non-hydrogen) atoms. The summed E-state index contributed by atoms with van der Waals surface area (Å²) < 4.78 is 5.50. The highest BCUT2D eigenvalue weighted by molar-refractivity contribution is 5.80. The third-order valence-electron chi connectivity index (χ3n) is 2.89. The van der Waals surface area contributed by atoms with Gasteiger partial charge >= 0.3 is 0 Å².